The van der Waals surface area contributed by atoms with Gasteiger partial charge in [0.2, 0.25) is 11.8 Å². The van der Waals surface area contributed by atoms with E-state index in [0.29, 0.717) is 32.2 Å². The lowest BCUT2D eigenvalue weighted by atomic mass is 9.88. The molecular weight excluding hydrogens is 283 g/mol. The summed E-state index contributed by atoms with van der Waals surface area (Å²) in [6.07, 6.45) is 2.67. The van der Waals surface area contributed by atoms with Crippen molar-refractivity contribution in [2.75, 3.05) is 13.2 Å². The highest BCUT2D eigenvalue weighted by molar-refractivity contribution is 5.87. The van der Waals surface area contributed by atoms with Crippen LogP contribution in [0, 0.1) is 5.92 Å². The summed E-state index contributed by atoms with van der Waals surface area (Å²) in [6.45, 7) is 0.101. The zero-order chi connectivity index (χ0) is 15.9. The number of benzene rings is 1. The van der Waals surface area contributed by atoms with Crippen molar-refractivity contribution >= 4 is 11.8 Å². The molecule has 1 heterocycles. The summed E-state index contributed by atoms with van der Waals surface area (Å²) in [4.78, 5) is 25.6. The first kappa shape index (κ1) is 16.5. The zero-order valence-electron chi connectivity index (χ0n) is 12.7. The molecule has 1 aromatic rings. The van der Waals surface area contributed by atoms with Crippen molar-refractivity contribution in [2.45, 2.75) is 38.1 Å². The van der Waals surface area contributed by atoms with Crippen LogP contribution in [0.15, 0.2) is 30.3 Å². The molecule has 0 radical (unpaired) electrons. The number of carbonyl (C=O) groups is 2. The molecule has 4 nitrogen and oxygen atoms in total. The maximum atomic E-state index is 12.5. The molecule has 2 rings (SSSR count). The summed E-state index contributed by atoms with van der Waals surface area (Å²) in [6, 6.07) is 9.18. The fraction of sp³-hybridized carbons (Fsp3) is 0.529. The highest BCUT2D eigenvalue weighted by atomic mass is 19.1. The quantitative estimate of drug-likeness (QED) is 0.874. The van der Waals surface area contributed by atoms with Crippen LogP contribution < -0.4 is 5.73 Å². The molecule has 1 saturated heterocycles. The Labute approximate surface area is 130 Å². The largest absolute Gasteiger partial charge is 0.368 e. The molecule has 2 N–H and O–H groups in total. The van der Waals surface area contributed by atoms with E-state index in [1.807, 2.05) is 30.3 Å². The molecule has 0 spiro atoms. The average molecular weight is 306 g/mol. The number of aryl methyl sites for hydroxylation is 1. The molecule has 1 aliphatic rings. The van der Waals surface area contributed by atoms with E-state index in [1.54, 1.807) is 4.90 Å². The first-order chi connectivity index (χ1) is 10.6. The van der Waals surface area contributed by atoms with Gasteiger partial charge in [-0.3, -0.25) is 14.0 Å². The normalized spacial score (nSPS) is 21.6. The summed E-state index contributed by atoms with van der Waals surface area (Å²) in [5.41, 5.74) is 6.53. The van der Waals surface area contributed by atoms with E-state index in [1.165, 1.54) is 0 Å². The van der Waals surface area contributed by atoms with Crippen LogP contribution in [0.25, 0.3) is 0 Å². The number of alkyl halides is 1. The Morgan fingerprint density at radius 1 is 1.27 bits per heavy atom. The van der Waals surface area contributed by atoms with Gasteiger partial charge >= 0.3 is 0 Å². The molecule has 2 amide bonds. The topological polar surface area (TPSA) is 63.4 Å². The minimum absolute atomic E-state index is 0.0497. The lowest BCUT2D eigenvalue weighted by Crippen LogP contribution is -2.52. The third-order valence-electron chi connectivity index (χ3n) is 4.35. The minimum atomic E-state index is -0.589. The summed E-state index contributed by atoms with van der Waals surface area (Å²) >= 11 is 0. The SMILES string of the molecule is NC(=O)C1CC(CCF)CCN1C(=O)CCc1ccccc1. The zero-order valence-corrected chi connectivity index (χ0v) is 12.7. The Bertz CT molecular complexity index is 507. The van der Waals surface area contributed by atoms with Gasteiger partial charge in [0.25, 0.3) is 0 Å². The first-order valence-corrected chi connectivity index (χ1v) is 7.80. The second-order valence-corrected chi connectivity index (χ2v) is 5.86. The lowest BCUT2D eigenvalue weighted by Gasteiger charge is -2.37. The summed E-state index contributed by atoms with van der Waals surface area (Å²) < 4.78 is 12.5. The molecule has 2 atom stereocenters. The number of primary amides is 1. The number of rotatable bonds is 6. The van der Waals surface area contributed by atoms with Gasteiger partial charge in [0.1, 0.15) is 6.04 Å². The smallest absolute Gasteiger partial charge is 0.240 e. The number of nitrogens with two attached hydrogens (primary N) is 1. The molecule has 5 heteroatoms. The van der Waals surface area contributed by atoms with Crippen molar-refractivity contribution in [3.8, 4) is 0 Å². The monoisotopic (exact) mass is 306 g/mol. The van der Waals surface area contributed by atoms with Crippen molar-refractivity contribution in [2.24, 2.45) is 11.7 Å². The van der Waals surface area contributed by atoms with Crippen LogP contribution in [-0.2, 0) is 16.0 Å². The Morgan fingerprint density at radius 2 is 2.00 bits per heavy atom. The molecule has 0 bridgehead atoms. The van der Waals surface area contributed by atoms with Gasteiger partial charge in [0.15, 0.2) is 0 Å². The van der Waals surface area contributed by atoms with E-state index < -0.39 is 18.6 Å². The second kappa shape index (κ2) is 7.92. The molecule has 2 unspecified atom stereocenters. The molecule has 0 saturated carbocycles. The maximum Gasteiger partial charge on any atom is 0.240 e. The standard InChI is InChI=1S/C17H23FN2O2/c18-10-8-14-9-11-20(15(12-14)17(19)22)16(21)7-6-13-4-2-1-3-5-13/h1-5,14-15H,6-12H2,(H2,19,22). The van der Waals surface area contributed by atoms with Crippen LogP contribution in [0.2, 0.25) is 0 Å². The molecule has 1 aliphatic heterocycles. The Balaban J connectivity index is 1.94. The van der Waals surface area contributed by atoms with Crippen molar-refractivity contribution < 1.29 is 14.0 Å². The number of hydrogen-bond donors (Lipinski definition) is 1. The highest BCUT2D eigenvalue weighted by Gasteiger charge is 2.34. The molecule has 22 heavy (non-hydrogen) atoms. The number of halogens is 1. The van der Waals surface area contributed by atoms with Crippen LogP contribution in [0.5, 0.6) is 0 Å². The van der Waals surface area contributed by atoms with Crippen LogP contribution in [0.4, 0.5) is 4.39 Å². The van der Waals surface area contributed by atoms with Gasteiger partial charge in [-0.2, -0.15) is 0 Å². The Hall–Kier alpha value is -1.91. The predicted octanol–water partition coefficient (Wildman–Crippen LogP) is 2.07. The van der Waals surface area contributed by atoms with Crippen LogP contribution in [0.1, 0.15) is 31.2 Å². The van der Waals surface area contributed by atoms with Gasteiger partial charge in [0.05, 0.1) is 6.67 Å². The van der Waals surface area contributed by atoms with Crippen molar-refractivity contribution in [3.05, 3.63) is 35.9 Å². The third kappa shape index (κ3) is 4.29. The Kier molecular flexibility index (Phi) is 5.92. The van der Waals surface area contributed by atoms with Gasteiger partial charge in [-0.05, 0) is 37.2 Å². The number of likely N-dealkylation sites (tertiary alicyclic amines) is 1. The third-order valence-corrected chi connectivity index (χ3v) is 4.35. The molecule has 120 valence electrons. The number of piperidine rings is 1. The van der Waals surface area contributed by atoms with Crippen LogP contribution in [-0.4, -0.2) is 36.0 Å². The highest BCUT2D eigenvalue weighted by Crippen LogP contribution is 2.26. The minimum Gasteiger partial charge on any atom is -0.368 e. The van der Waals surface area contributed by atoms with Gasteiger partial charge in [-0.25, -0.2) is 0 Å². The van der Waals surface area contributed by atoms with E-state index in [4.69, 9.17) is 5.73 Å². The van der Waals surface area contributed by atoms with Gasteiger partial charge in [-0.1, -0.05) is 30.3 Å². The van der Waals surface area contributed by atoms with Gasteiger partial charge in [0, 0.05) is 13.0 Å². The fourth-order valence-corrected chi connectivity index (χ4v) is 3.06. The number of amides is 2. The summed E-state index contributed by atoms with van der Waals surface area (Å²) in [7, 11) is 0. The number of nitrogens with zero attached hydrogens (tertiary/aromatic N) is 1. The number of hydrogen-bond acceptors (Lipinski definition) is 2. The molecule has 0 aromatic heterocycles. The molecule has 1 aromatic carbocycles. The first-order valence-electron chi connectivity index (χ1n) is 7.80. The van der Waals surface area contributed by atoms with Crippen molar-refractivity contribution in [3.63, 3.8) is 0 Å². The lowest BCUT2D eigenvalue weighted by molar-refractivity contribution is -0.142. The summed E-state index contributed by atoms with van der Waals surface area (Å²) in [5.74, 6) is -0.399. The fourth-order valence-electron chi connectivity index (χ4n) is 3.06. The molecular formula is C17H23FN2O2. The molecule has 1 fully saturated rings. The maximum absolute atomic E-state index is 12.5. The van der Waals surface area contributed by atoms with Crippen molar-refractivity contribution in [1.82, 2.24) is 4.90 Å². The average Bonchev–Trinajstić information content (AvgIpc) is 2.54. The van der Waals surface area contributed by atoms with E-state index in [0.717, 1.165) is 12.0 Å². The van der Waals surface area contributed by atoms with Crippen LogP contribution in [0.3, 0.4) is 0 Å². The molecule has 0 aliphatic carbocycles. The predicted molar refractivity (Wildman–Crippen MR) is 82.8 cm³/mol. The van der Waals surface area contributed by atoms with E-state index in [9.17, 15) is 14.0 Å². The van der Waals surface area contributed by atoms with E-state index in [2.05, 4.69) is 0 Å². The van der Waals surface area contributed by atoms with Crippen molar-refractivity contribution in [1.29, 1.82) is 0 Å². The van der Waals surface area contributed by atoms with E-state index in [-0.39, 0.29) is 11.8 Å². The van der Waals surface area contributed by atoms with Crippen LogP contribution >= 0.6 is 0 Å². The summed E-state index contributed by atoms with van der Waals surface area (Å²) in [5, 5.41) is 0. The Morgan fingerprint density at radius 3 is 2.64 bits per heavy atom. The number of carbonyl (C=O) groups excluding carboxylic acids is 2. The van der Waals surface area contributed by atoms with Gasteiger partial charge < -0.3 is 10.6 Å². The van der Waals surface area contributed by atoms with Gasteiger partial charge in [-0.15, -0.1) is 0 Å². The van der Waals surface area contributed by atoms with E-state index >= 15 is 0 Å². The second-order valence-electron chi connectivity index (χ2n) is 5.86.